The Kier molecular flexibility index (Phi) is 4.75. The summed E-state index contributed by atoms with van der Waals surface area (Å²) in [7, 11) is -2.00. The molecule has 3 aromatic carbocycles. The largest absolute Gasteiger partial charge is 0.389 e. The second kappa shape index (κ2) is 6.94. The van der Waals surface area contributed by atoms with Gasteiger partial charge in [-0.3, -0.25) is 0 Å². The van der Waals surface area contributed by atoms with Gasteiger partial charge < -0.3 is 5.11 Å². The minimum atomic E-state index is -2.00. The van der Waals surface area contributed by atoms with Gasteiger partial charge in [0, 0.05) is 0 Å². The molecule has 0 saturated carbocycles. The van der Waals surface area contributed by atoms with Crippen LogP contribution in [0.15, 0.2) is 91.0 Å². The molecule has 2 heteroatoms. The molecule has 0 spiro atoms. The molecule has 116 valence electrons. The van der Waals surface area contributed by atoms with E-state index >= 15 is 0 Å². The summed E-state index contributed by atoms with van der Waals surface area (Å²) in [4.78, 5) is 0. The van der Waals surface area contributed by atoms with Gasteiger partial charge in [-0.05, 0) is 11.6 Å². The third kappa shape index (κ3) is 3.44. The van der Waals surface area contributed by atoms with Crippen molar-refractivity contribution in [2.75, 3.05) is 0 Å². The lowest BCUT2D eigenvalue weighted by atomic mass is 10.1. The van der Waals surface area contributed by atoms with Gasteiger partial charge in [-0.15, -0.1) is 0 Å². The van der Waals surface area contributed by atoms with Gasteiger partial charge in [0.15, 0.2) is 0 Å². The molecule has 1 nitrogen and oxygen atoms in total. The molecule has 0 aliphatic rings. The van der Waals surface area contributed by atoms with Crippen molar-refractivity contribution in [3.05, 3.63) is 96.6 Å². The maximum absolute atomic E-state index is 10.8. The van der Waals surface area contributed by atoms with Crippen molar-refractivity contribution < 1.29 is 5.11 Å². The fourth-order valence-electron chi connectivity index (χ4n) is 3.19. The molecular formula is C21H22OSi. The van der Waals surface area contributed by atoms with Crippen molar-refractivity contribution in [2.45, 2.75) is 18.7 Å². The predicted octanol–water partition coefficient (Wildman–Crippen LogP) is 3.61. The molecule has 0 aliphatic heterocycles. The maximum atomic E-state index is 10.8. The van der Waals surface area contributed by atoms with Crippen LogP contribution in [0.2, 0.25) is 12.6 Å². The van der Waals surface area contributed by atoms with E-state index in [-0.39, 0.29) is 0 Å². The molecule has 0 amide bonds. The first-order valence-corrected chi connectivity index (χ1v) is 10.7. The average Bonchev–Trinajstić information content (AvgIpc) is 2.64. The topological polar surface area (TPSA) is 20.2 Å². The molecule has 0 aliphatic carbocycles. The minimum Gasteiger partial charge on any atom is -0.389 e. The predicted molar refractivity (Wildman–Crippen MR) is 100.0 cm³/mol. The highest BCUT2D eigenvalue weighted by molar-refractivity contribution is 7.01. The van der Waals surface area contributed by atoms with Gasteiger partial charge in [0.2, 0.25) is 0 Å². The van der Waals surface area contributed by atoms with E-state index < -0.39 is 14.2 Å². The van der Waals surface area contributed by atoms with E-state index in [2.05, 4.69) is 67.2 Å². The van der Waals surface area contributed by atoms with Crippen LogP contribution >= 0.6 is 0 Å². The zero-order valence-corrected chi connectivity index (χ0v) is 14.4. The molecule has 3 aromatic rings. The Morgan fingerprint density at radius 3 is 1.52 bits per heavy atom. The van der Waals surface area contributed by atoms with E-state index in [1.807, 2.05) is 30.3 Å². The molecule has 0 aromatic heterocycles. The first-order chi connectivity index (χ1) is 11.2. The SMILES string of the molecule is C[Si](CC(O)c1ccccc1)(c1ccccc1)c1ccccc1. The molecular weight excluding hydrogens is 296 g/mol. The lowest BCUT2D eigenvalue weighted by Crippen LogP contribution is -2.56. The molecule has 1 atom stereocenters. The van der Waals surface area contributed by atoms with E-state index in [1.54, 1.807) is 0 Å². The molecule has 0 saturated heterocycles. The number of rotatable bonds is 5. The highest BCUT2D eigenvalue weighted by atomic mass is 28.3. The summed E-state index contributed by atoms with van der Waals surface area (Å²) in [5.74, 6) is 0. The Morgan fingerprint density at radius 1 is 0.696 bits per heavy atom. The number of aliphatic hydroxyl groups is 1. The van der Waals surface area contributed by atoms with Crippen molar-refractivity contribution in [3.8, 4) is 0 Å². The Hall–Kier alpha value is -2.16. The van der Waals surface area contributed by atoms with Crippen LogP contribution in [-0.4, -0.2) is 13.2 Å². The van der Waals surface area contributed by atoms with Crippen molar-refractivity contribution in [1.29, 1.82) is 0 Å². The van der Waals surface area contributed by atoms with Crippen LogP contribution in [0.5, 0.6) is 0 Å². The molecule has 0 heterocycles. The standard InChI is InChI=1S/C21H22OSi/c1-23(19-13-7-3-8-14-19,20-15-9-4-10-16-20)17-21(22)18-11-5-2-6-12-18/h2-16,21-22H,17H2,1H3. The smallest absolute Gasteiger partial charge is 0.118 e. The third-order valence-corrected chi connectivity index (χ3v) is 9.03. The number of hydrogen-bond donors (Lipinski definition) is 1. The van der Waals surface area contributed by atoms with Crippen molar-refractivity contribution in [2.24, 2.45) is 0 Å². The highest BCUT2D eigenvalue weighted by Gasteiger charge is 2.34. The Labute approximate surface area is 139 Å². The Bertz CT molecular complexity index is 686. The minimum absolute atomic E-state index is 0.437. The fraction of sp³-hybridized carbons (Fsp3) is 0.143. The van der Waals surface area contributed by atoms with Gasteiger partial charge in [-0.25, -0.2) is 0 Å². The molecule has 0 bridgehead atoms. The average molecular weight is 318 g/mol. The third-order valence-electron chi connectivity index (χ3n) is 4.61. The first-order valence-electron chi connectivity index (χ1n) is 8.04. The van der Waals surface area contributed by atoms with E-state index in [0.717, 1.165) is 11.6 Å². The lowest BCUT2D eigenvalue weighted by Gasteiger charge is -2.31. The van der Waals surface area contributed by atoms with Crippen LogP contribution in [0.25, 0.3) is 0 Å². The van der Waals surface area contributed by atoms with Crippen LogP contribution in [0.4, 0.5) is 0 Å². The number of hydrogen-bond acceptors (Lipinski definition) is 1. The van der Waals surface area contributed by atoms with Gasteiger partial charge in [-0.2, -0.15) is 0 Å². The van der Waals surface area contributed by atoms with Crippen LogP contribution in [0.1, 0.15) is 11.7 Å². The molecule has 1 unspecified atom stereocenters. The maximum Gasteiger partial charge on any atom is 0.118 e. The second-order valence-electron chi connectivity index (χ2n) is 6.19. The van der Waals surface area contributed by atoms with Crippen molar-refractivity contribution in [1.82, 2.24) is 0 Å². The van der Waals surface area contributed by atoms with E-state index in [1.165, 1.54) is 10.4 Å². The zero-order chi connectivity index (χ0) is 16.1. The zero-order valence-electron chi connectivity index (χ0n) is 13.4. The summed E-state index contributed by atoms with van der Waals surface area (Å²) in [5, 5.41) is 13.5. The van der Waals surface area contributed by atoms with E-state index in [9.17, 15) is 5.11 Å². The second-order valence-corrected chi connectivity index (χ2v) is 10.4. The Balaban J connectivity index is 2.00. The summed E-state index contributed by atoms with van der Waals surface area (Å²) in [6.07, 6.45) is -0.437. The lowest BCUT2D eigenvalue weighted by molar-refractivity contribution is 0.198. The summed E-state index contributed by atoms with van der Waals surface area (Å²) in [5.41, 5.74) is 0.998. The van der Waals surface area contributed by atoms with E-state index in [0.29, 0.717) is 0 Å². The van der Waals surface area contributed by atoms with Crippen LogP contribution in [-0.2, 0) is 0 Å². The Morgan fingerprint density at radius 2 is 1.09 bits per heavy atom. The van der Waals surface area contributed by atoms with Gasteiger partial charge in [0.25, 0.3) is 0 Å². The quantitative estimate of drug-likeness (QED) is 0.713. The highest BCUT2D eigenvalue weighted by Crippen LogP contribution is 2.24. The monoisotopic (exact) mass is 318 g/mol. The van der Waals surface area contributed by atoms with Gasteiger partial charge in [-0.1, -0.05) is 108 Å². The van der Waals surface area contributed by atoms with Crippen LogP contribution < -0.4 is 10.4 Å². The van der Waals surface area contributed by atoms with Crippen molar-refractivity contribution >= 4 is 18.4 Å². The fourth-order valence-corrected chi connectivity index (χ4v) is 6.86. The van der Waals surface area contributed by atoms with E-state index in [4.69, 9.17) is 0 Å². The van der Waals surface area contributed by atoms with Gasteiger partial charge >= 0.3 is 0 Å². The van der Waals surface area contributed by atoms with Gasteiger partial charge in [0.1, 0.15) is 8.07 Å². The summed E-state index contributed by atoms with van der Waals surface area (Å²) >= 11 is 0. The van der Waals surface area contributed by atoms with Crippen molar-refractivity contribution in [3.63, 3.8) is 0 Å². The molecule has 0 fully saturated rings. The van der Waals surface area contributed by atoms with Crippen LogP contribution in [0, 0.1) is 0 Å². The normalized spacial score (nSPS) is 12.8. The van der Waals surface area contributed by atoms with Crippen LogP contribution in [0.3, 0.4) is 0 Å². The first kappa shape index (κ1) is 15.7. The molecule has 0 radical (unpaired) electrons. The molecule has 1 N–H and O–H groups in total. The number of aliphatic hydroxyl groups excluding tert-OH is 1. The molecule has 3 rings (SSSR count). The summed E-state index contributed by atoms with van der Waals surface area (Å²) < 4.78 is 0. The summed E-state index contributed by atoms with van der Waals surface area (Å²) in [6, 6.07) is 32.1. The number of benzene rings is 3. The van der Waals surface area contributed by atoms with Gasteiger partial charge in [0.05, 0.1) is 6.10 Å². The molecule has 23 heavy (non-hydrogen) atoms. The summed E-state index contributed by atoms with van der Waals surface area (Å²) in [6.45, 7) is 2.35.